The summed E-state index contributed by atoms with van der Waals surface area (Å²) in [4.78, 5) is 23.0. The van der Waals surface area contributed by atoms with Crippen LogP contribution in [0.25, 0.3) is 10.2 Å². The molecule has 0 saturated heterocycles. The van der Waals surface area contributed by atoms with E-state index in [0.29, 0.717) is 18.0 Å². The Morgan fingerprint density at radius 2 is 1.90 bits per heavy atom. The molecule has 0 aliphatic carbocycles. The van der Waals surface area contributed by atoms with Crippen LogP contribution in [0.4, 0.5) is 5.69 Å². The molecule has 5 nitrogen and oxygen atoms in total. The monoisotopic (exact) mass is 421 g/mol. The summed E-state index contributed by atoms with van der Waals surface area (Å²) in [6.45, 7) is 2.45. The molecule has 2 aromatic heterocycles. The number of benzene rings is 2. The molecule has 0 aliphatic heterocycles. The lowest BCUT2D eigenvalue weighted by molar-refractivity contribution is -0.115. The zero-order chi connectivity index (χ0) is 20.1. The van der Waals surface area contributed by atoms with Crippen molar-refractivity contribution in [1.29, 1.82) is 0 Å². The van der Waals surface area contributed by atoms with Crippen molar-refractivity contribution in [2.45, 2.75) is 17.2 Å². The molecule has 0 bridgehead atoms. The van der Waals surface area contributed by atoms with Crippen LogP contribution in [0.5, 0.6) is 5.75 Å². The second-order valence-corrected chi connectivity index (χ2v) is 8.13. The third-order valence-electron chi connectivity index (χ3n) is 4.24. The van der Waals surface area contributed by atoms with E-state index in [2.05, 4.69) is 15.3 Å². The summed E-state index contributed by atoms with van der Waals surface area (Å²) in [6.07, 6.45) is 1.55. The van der Waals surface area contributed by atoms with Gasteiger partial charge in [0.25, 0.3) is 0 Å². The number of hydrogen-bond donors (Lipinski definition) is 1. The molecule has 0 saturated carbocycles. The number of carbonyl (C=O) groups excluding carboxylic acids is 1. The molecule has 146 valence electrons. The smallest absolute Gasteiger partial charge is 0.242 e. The van der Waals surface area contributed by atoms with Gasteiger partial charge in [-0.25, -0.2) is 9.97 Å². The van der Waals surface area contributed by atoms with Crippen LogP contribution in [0.15, 0.2) is 77.4 Å². The molecule has 0 aliphatic rings. The highest BCUT2D eigenvalue weighted by molar-refractivity contribution is 8.00. The number of ether oxygens (including phenoxy) is 1. The fourth-order valence-corrected chi connectivity index (χ4v) is 4.80. The Morgan fingerprint density at radius 3 is 2.72 bits per heavy atom. The van der Waals surface area contributed by atoms with Gasteiger partial charge in [-0.1, -0.05) is 54.2 Å². The van der Waals surface area contributed by atoms with E-state index in [4.69, 9.17) is 4.74 Å². The van der Waals surface area contributed by atoms with E-state index in [1.165, 1.54) is 11.8 Å². The van der Waals surface area contributed by atoms with Crippen LogP contribution in [-0.2, 0) is 4.79 Å². The van der Waals surface area contributed by atoms with Crippen molar-refractivity contribution in [2.75, 3.05) is 11.9 Å². The first kappa shape index (κ1) is 19.4. The van der Waals surface area contributed by atoms with Crippen molar-refractivity contribution in [2.24, 2.45) is 0 Å². The van der Waals surface area contributed by atoms with Gasteiger partial charge in [-0.3, -0.25) is 4.79 Å². The number of carbonyl (C=O) groups is 1. The quantitative estimate of drug-likeness (QED) is 0.312. The summed E-state index contributed by atoms with van der Waals surface area (Å²) < 4.78 is 5.65. The van der Waals surface area contributed by atoms with E-state index in [0.717, 1.165) is 20.8 Å². The number of thioether (sulfide) groups is 1. The Labute approximate surface area is 177 Å². The topological polar surface area (TPSA) is 64.1 Å². The fraction of sp³-hybridized carbons (Fsp3) is 0.136. The number of nitrogens with zero attached hydrogens (tertiary/aromatic N) is 2. The van der Waals surface area contributed by atoms with Gasteiger partial charge in [-0.05, 0) is 36.1 Å². The van der Waals surface area contributed by atoms with E-state index in [9.17, 15) is 4.79 Å². The molecule has 4 rings (SSSR count). The number of nitrogens with one attached hydrogen (secondary N) is 1. The number of para-hydroxylation sites is 2. The molecule has 1 amide bonds. The molecular weight excluding hydrogens is 402 g/mol. The van der Waals surface area contributed by atoms with Crippen LogP contribution in [0.3, 0.4) is 0 Å². The Balaban J connectivity index is 1.66. The highest BCUT2D eigenvalue weighted by atomic mass is 32.2. The Morgan fingerprint density at radius 1 is 1.10 bits per heavy atom. The van der Waals surface area contributed by atoms with E-state index < -0.39 is 5.25 Å². The van der Waals surface area contributed by atoms with Crippen LogP contribution in [0, 0.1) is 0 Å². The van der Waals surface area contributed by atoms with Gasteiger partial charge in [0.1, 0.15) is 27.2 Å². The van der Waals surface area contributed by atoms with E-state index >= 15 is 0 Å². The van der Waals surface area contributed by atoms with Crippen LogP contribution in [0.2, 0.25) is 0 Å². The van der Waals surface area contributed by atoms with Crippen molar-refractivity contribution >= 4 is 44.9 Å². The molecular formula is C22H19N3O2S2. The predicted octanol–water partition coefficient (Wildman–Crippen LogP) is 5.56. The number of thiophene rings is 1. The lowest BCUT2D eigenvalue weighted by atomic mass is 10.1. The third kappa shape index (κ3) is 4.41. The van der Waals surface area contributed by atoms with Gasteiger partial charge in [0.2, 0.25) is 5.91 Å². The highest BCUT2D eigenvalue weighted by Crippen LogP contribution is 2.39. The maximum atomic E-state index is 13.3. The number of anilines is 1. The van der Waals surface area contributed by atoms with Crippen LogP contribution >= 0.6 is 23.1 Å². The van der Waals surface area contributed by atoms with Gasteiger partial charge in [0.15, 0.2) is 0 Å². The lowest BCUT2D eigenvalue weighted by Gasteiger charge is -2.18. The number of hydrogen-bond acceptors (Lipinski definition) is 6. The molecule has 0 spiro atoms. The van der Waals surface area contributed by atoms with Crippen molar-refractivity contribution in [3.8, 4) is 5.75 Å². The molecule has 1 atom stereocenters. The molecule has 2 aromatic carbocycles. The second kappa shape index (κ2) is 9.07. The summed E-state index contributed by atoms with van der Waals surface area (Å²) in [5.74, 6) is 0.526. The Hall–Kier alpha value is -2.90. The van der Waals surface area contributed by atoms with Crippen molar-refractivity contribution in [3.63, 3.8) is 0 Å². The van der Waals surface area contributed by atoms with Gasteiger partial charge in [-0.15, -0.1) is 11.3 Å². The first-order chi connectivity index (χ1) is 14.3. The molecule has 29 heavy (non-hydrogen) atoms. The summed E-state index contributed by atoms with van der Waals surface area (Å²) in [5.41, 5.74) is 1.56. The minimum Gasteiger partial charge on any atom is -0.492 e. The van der Waals surface area contributed by atoms with Gasteiger partial charge in [-0.2, -0.15) is 0 Å². The molecule has 4 aromatic rings. The van der Waals surface area contributed by atoms with E-state index in [-0.39, 0.29) is 5.91 Å². The number of rotatable bonds is 7. The van der Waals surface area contributed by atoms with E-state index in [1.807, 2.05) is 73.0 Å². The van der Waals surface area contributed by atoms with Gasteiger partial charge >= 0.3 is 0 Å². The second-order valence-electron chi connectivity index (χ2n) is 6.15. The first-order valence-corrected chi connectivity index (χ1v) is 10.9. The van der Waals surface area contributed by atoms with Crippen LogP contribution in [0.1, 0.15) is 17.7 Å². The maximum absolute atomic E-state index is 13.3. The van der Waals surface area contributed by atoms with Crippen molar-refractivity contribution < 1.29 is 9.53 Å². The highest BCUT2D eigenvalue weighted by Gasteiger charge is 2.25. The SMILES string of the molecule is CCOc1ccccc1NC(=O)[C@H](Sc1ncnc2sccc12)c1ccccc1. The predicted molar refractivity (Wildman–Crippen MR) is 119 cm³/mol. The minimum atomic E-state index is -0.469. The molecule has 1 N–H and O–H groups in total. The van der Waals surface area contributed by atoms with Crippen molar-refractivity contribution in [1.82, 2.24) is 9.97 Å². The fourth-order valence-electron chi connectivity index (χ4n) is 2.92. The third-order valence-corrected chi connectivity index (χ3v) is 6.33. The van der Waals surface area contributed by atoms with Gasteiger partial charge in [0.05, 0.1) is 12.3 Å². The Kier molecular flexibility index (Phi) is 6.07. The summed E-state index contributed by atoms with van der Waals surface area (Å²) in [7, 11) is 0. The number of fused-ring (bicyclic) bond motifs is 1. The molecule has 0 unspecified atom stereocenters. The average Bonchev–Trinajstić information content (AvgIpc) is 3.24. The lowest BCUT2D eigenvalue weighted by Crippen LogP contribution is -2.19. The molecule has 7 heteroatoms. The minimum absolute atomic E-state index is 0.129. The largest absolute Gasteiger partial charge is 0.492 e. The van der Waals surface area contributed by atoms with E-state index in [1.54, 1.807) is 17.7 Å². The van der Waals surface area contributed by atoms with Crippen LogP contribution < -0.4 is 10.1 Å². The standard InChI is InChI=1S/C22H19N3O2S2/c1-2-27-18-11-7-6-10-17(18)25-20(26)19(15-8-4-3-5-9-15)29-22-16-12-13-28-21(16)23-14-24-22/h3-14,19H,2H2,1H3,(H,25,26)/t19-/m1/s1. The zero-order valence-corrected chi connectivity index (χ0v) is 17.4. The maximum Gasteiger partial charge on any atom is 0.242 e. The van der Waals surface area contributed by atoms with Crippen LogP contribution in [-0.4, -0.2) is 22.5 Å². The summed E-state index contributed by atoms with van der Waals surface area (Å²) in [6, 6.07) is 19.2. The first-order valence-electron chi connectivity index (χ1n) is 9.18. The molecule has 0 fully saturated rings. The Bertz CT molecular complexity index is 1120. The number of aromatic nitrogens is 2. The number of amides is 1. The molecule has 0 radical (unpaired) electrons. The van der Waals surface area contributed by atoms with Gasteiger partial charge < -0.3 is 10.1 Å². The zero-order valence-electron chi connectivity index (χ0n) is 15.7. The molecule has 2 heterocycles. The normalized spacial score (nSPS) is 11.9. The average molecular weight is 422 g/mol. The summed E-state index contributed by atoms with van der Waals surface area (Å²) >= 11 is 2.99. The van der Waals surface area contributed by atoms with Crippen molar-refractivity contribution in [3.05, 3.63) is 77.9 Å². The summed E-state index contributed by atoms with van der Waals surface area (Å²) in [5, 5.41) is 6.30. The van der Waals surface area contributed by atoms with Gasteiger partial charge in [0, 0.05) is 5.39 Å².